The molecule has 1 aromatic rings. The molecule has 1 unspecified atom stereocenters. The Hall–Kier alpha value is -1.66. The van der Waals surface area contributed by atoms with Gasteiger partial charge in [-0.15, -0.1) is 0 Å². The molecule has 0 aromatic heterocycles. The van der Waals surface area contributed by atoms with Gasteiger partial charge in [-0.3, -0.25) is 9.59 Å². The molecule has 2 rings (SSSR count). The second-order valence-electron chi connectivity index (χ2n) is 5.15. The number of carbonyl (C=O) groups excluding carboxylic acids is 2. The molecule has 1 aliphatic heterocycles. The molecule has 0 aliphatic carbocycles. The molecular weight excluding hydrogens is 311 g/mol. The van der Waals surface area contributed by atoms with Gasteiger partial charge in [0.1, 0.15) is 5.82 Å². The van der Waals surface area contributed by atoms with Gasteiger partial charge >= 0.3 is 0 Å². The average Bonchev–Trinajstić information content (AvgIpc) is 2.50. The van der Waals surface area contributed by atoms with Crippen LogP contribution in [0.15, 0.2) is 18.2 Å². The predicted octanol–water partition coefficient (Wildman–Crippen LogP) is 2.49. The molecule has 7 heteroatoms. The van der Waals surface area contributed by atoms with Crippen molar-refractivity contribution >= 4 is 29.1 Å². The largest absolute Gasteiger partial charge is 0.378 e. The minimum absolute atomic E-state index is 0.0623. The maximum Gasteiger partial charge on any atom is 0.243 e. The highest BCUT2D eigenvalue weighted by molar-refractivity contribution is 6.31. The SMILES string of the molecule is O=C(CC1CCCCO1)NCC(=O)Nc1ccc(F)c(Cl)c1. The summed E-state index contributed by atoms with van der Waals surface area (Å²) in [5.41, 5.74) is 0.376. The van der Waals surface area contributed by atoms with Crippen LogP contribution in [0.25, 0.3) is 0 Å². The summed E-state index contributed by atoms with van der Waals surface area (Å²) in [6.45, 7) is 0.532. The van der Waals surface area contributed by atoms with Gasteiger partial charge in [-0.2, -0.15) is 0 Å². The normalized spacial score (nSPS) is 17.8. The molecule has 2 amide bonds. The quantitative estimate of drug-likeness (QED) is 0.872. The summed E-state index contributed by atoms with van der Waals surface area (Å²) in [6.07, 6.45) is 3.15. The molecule has 1 saturated heterocycles. The zero-order valence-corrected chi connectivity index (χ0v) is 12.8. The van der Waals surface area contributed by atoms with Crippen molar-refractivity contribution < 1.29 is 18.7 Å². The topological polar surface area (TPSA) is 67.4 Å². The Morgan fingerprint density at radius 2 is 2.14 bits per heavy atom. The second-order valence-corrected chi connectivity index (χ2v) is 5.55. The Balaban J connectivity index is 1.72. The van der Waals surface area contributed by atoms with E-state index in [9.17, 15) is 14.0 Å². The minimum Gasteiger partial charge on any atom is -0.378 e. The van der Waals surface area contributed by atoms with Crippen LogP contribution < -0.4 is 10.6 Å². The van der Waals surface area contributed by atoms with E-state index in [1.807, 2.05) is 0 Å². The smallest absolute Gasteiger partial charge is 0.243 e. The van der Waals surface area contributed by atoms with E-state index in [0.717, 1.165) is 25.3 Å². The number of ether oxygens (including phenoxy) is 1. The van der Waals surface area contributed by atoms with Crippen molar-refractivity contribution in [1.29, 1.82) is 0 Å². The fourth-order valence-electron chi connectivity index (χ4n) is 2.21. The lowest BCUT2D eigenvalue weighted by Gasteiger charge is -2.21. The highest BCUT2D eigenvalue weighted by Gasteiger charge is 2.17. The third kappa shape index (κ3) is 5.27. The number of halogens is 2. The van der Waals surface area contributed by atoms with E-state index in [1.54, 1.807) is 0 Å². The van der Waals surface area contributed by atoms with Crippen LogP contribution in [0.2, 0.25) is 5.02 Å². The monoisotopic (exact) mass is 328 g/mol. The van der Waals surface area contributed by atoms with Gasteiger partial charge in [-0.25, -0.2) is 4.39 Å². The Kier molecular flexibility index (Phi) is 6.15. The maximum absolute atomic E-state index is 13.0. The first kappa shape index (κ1) is 16.7. The average molecular weight is 329 g/mol. The zero-order valence-electron chi connectivity index (χ0n) is 12.0. The van der Waals surface area contributed by atoms with Crippen LogP contribution in [-0.2, 0) is 14.3 Å². The summed E-state index contributed by atoms with van der Waals surface area (Å²) >= 11 is 5.62. The number of anilines is 1. The molecular formula is C15H18ClFN2O3. The molecule has 5 nitrogen and oxygen atoms in total. The molecule has 0 spiro atoms. The van der Waals surface area contributed by atoms with Crippen molar-refractivity contribution in [3.8, 4) is 0 Å². The number of hydrogen-bond donors (Lipinski definition) is 2. The molecule has 0 radical (unpaired) electrons. The van der Waals surface area contributed by atoms with E-state index >= 15 is 0 Å². The van der Waals surface area contributed by atoms with E-state index in [1.165, 1.54) is 12.1 Å². The summed E-state index contributed by atoms with van der Waals surface area (Å²) < 4.78 is 18.5. The Morgan fingerprint density at radius 1 is 1.32 bits per heavy atom. The number of rotatable bonds is 5. The van der Waals surface area contributed by atoms with Crippen molar-refractivity contribution in [2.45, 2.75) is 31.8 Å². The van der Waals surface area contributed by atoms with Gasteiger partial charge in [0, 0.05) is 12.3 Å². The molecule has 1 aromatic carbocycles. The van der Waals surface area contributed by atoms with E-state index in [-0.39, 0.29) is 30.0 Å². The fourth-order valence-corrected chi connectivity index (χ4v) is 2.39. The van der Waals surface area contributed by atoms with Crippen molar-refractivity contribution in [2.75, 3.05) is 18.5 Å². The standard InChI is InChI=1S/C15H18ClFN2O3/c16-12-7-10(4-5-13(12)17)19-15(21)9-18-14(20)8-11-3-1-2-6-22-11/h4-5,7,11H,1-3,6,8-9H2,(H,18,20)(H,19,21). The highest BCUT2D eigenvalue weighted by Crippen LogP contribution is 2.19. The first-order chi connectivity index (χ1) is 10.5. The van der Waals surface area contributed by atoms with Gasteiger partial charge in [0.15, 0.2) is 0 Å². The summed E-state index contributed by atoms with van der Waals surface area (Å²) in [4.78, 5) is 23.4. The molecule has 120 valence electrons. The van der Waals surface area contributed by atoms with Crippen molar-refractivity contribution in [3.63, 3.8) is 0 Å². The molecule has 0 bridgehead atoms. The minimum atomic E-state index is -0.555. The Labute approximate surface area is 133 Å². The molecule has 0 saturated carbocycles. The summed E-state index contributed by atoms with van der Waals surface area (Å²) in [7, 11) is 0. The Bertz CT molecular complexity index is 548. The molecule has 1 heterocycles. The summed E-state index contributed by atoms with van der Waals surface area (Å²) in [6, 6.07) is 3.88. The second kappa shape index (κ2) is 8.10. The Morgan fingerprint density at radius 3 is 2.82 bits per heavy atom. The van der Waals surface area contributed by atoms with Gasteiger partial charge in [0.2, 0.25) is 11.8 Å². The van der Waals surface area contributed by atoms with Gasteiger partial charge in [-0.05, 0) is 37.5 Å². The van der Waals surface area contributed by atoms with Crippen molar-refractivity contribution in [1.82, 2.24) is 5.32 Å². The van der Waals surface area contributed by atoms with E-state index in [2.05, 4.69) is 10.6 Å². The highest BCUT2D eigenvalue weighted by atomic mass is 35.5. The van der Waals surface area contributed by atoms with Crippen molar-refractivity contribution in [3.05, 3.63) is 29.0 Å². The molecule has 1 fully saturated rings. The van der Waals surface area contributed by atoms with E-state index in [4.69, 9.17) is 16.3 Å². The van der Waals surface area contributed by atoms with Crippen LogP contribution in [-0.4, -0.2) is 31.1 Å². The summed E-state index contributed by atoms with van der Waals surface area (Å²) in [5.74, 6) is -1.18. The maximum atomic E-state index is 13.0. The lowest BCUT2D eigenvalue weighted by molar-refractivity contribution is -0.127. The number of benzene rings is 1. The van der Waals surface area contributed by atoms with Crippen LogP contribution in [0.5, 0.6) is 0 Å². The van der Waals surface area contributed by atoms with Crippen LogP contribution in [0, 0.1) is 5.82 Å². The van der Waals surface area contributed by atoms with Crippen LogP contribution in [0.1, 0.15) is 25.7 Å². The van der Waals surface area contributed by atoms with E-state index in [0.29, 0.717) is 12.3 Å². The molecule has 1 atom stereocenters. The van der Waals surface area contributed by atoms with Gasteiger partial charge in [0.05, 0.1) is 24.1 Å². The third-order valence-electron chi connectivity index (χ3n) is 3.34. The van der Waals surface area contributed by atoms with E-state index < -0.39 is 11.7 Å². The fraction of sp³-hybridized carbons (Fsp3) is 0.467. The lowest BCUT2D eigenvalue weighted by atomic mass is 10.1. The molecule has 1 aliphatic rings. The summed E-state index contributed by atoms with van der Waals surface area (Å²) in [5, 5.41) is 5.00. The number of nitrogens with one attached hydrogen (secondary N) is 2. The van der Waals surface area contributed by atoms with Crippen LogP contribution >= 0.6 is 11.6 Å². The first-order valence-corrected chi connectivity index (χ1v) is 7.55. The number of hydrogen-bond acceptors (Lipinski definition) is 3. The van der Waals surface area contributed by atoms with Gasteiger partial charge < -0.3 is 15.4 Å². The number of amides is 2. The molecule has 22 heavy (non-hydrogen) atoms. The van der Waals surface area contributed by atoms with Crippen molar-refractivity contribution in [2.24, 2.45) is 0 Å². The predicted molar refractivity (Wildman–Crippen MR) is 81.3 cm³/mol. The third-order valence-corrected chi connectivity index (χ3v) is 3.63. The molecule has 2 N–H and O–H groups in total. The number of carbonyl (C=O) groups is 2. The first-order valence-electron chi connectivity index (χ1n) is 7.18. The van der Waals surface area contributed by atoms with Gasteiger partial charge in [0.25, 0.3) is 0 Å². The van der Waals surface area contributed by atoms with Crippen LogP contribution in [0.3, 0.4) is 0 Å². The van der Waals surface area contributed by atoms with Gasteiger partial charge in [-0.1, -0.05) is 11.6 Å². The lowest BCUT2D eigenvalue weighted by Crippen LogP contribution is -2.35. The zero-order chi connectivity index (χ0) is 15.9. The van der Waals surface area contributed by atoms with Crippen LogP contribution in [0.4, 0.5) is 10.1 Å².